The van der Waals surface area contributed by atoms with Crippen LogP contribution in [0.4, 0.5) is 4.39 Å². The van der Waals surface area contributed by atoms with E-state index in [0.717, 1.165) is 4.90 Å². The van der Waals surface area contributed by atoms with Gasteiger partial charge in [0, 0.05) is 13.0 Å². The fraction of sp³-hybridized carbons (Fsp3) is 0.385. The van der Waals surface area contributed by atoms with Crippen LogP contribution in [0.1, 0.15) is 22.3 Å². The Labute approximate surface area is 109 Å². The number of amides is 1. The van der Waals surface area contributed by atoms with Gasteiger partial charge in [0.15, 0.2) is 0 Å². The van der Waals surface area contributed by atoms with E-state index in [2.05, 4.69) is 0 Å². The van der Waals surface area contributed by atoms with Crippen LogP contribution in [0.15, 0.2) is 18.2 Å². The van der Waals surface area contributed by atoms with Crippen LogP contribution in [0.25, 0.3) is 0 Å². The van der Waals surface area contributed by atoms with Crippen molar-refractivity contribution in [3.63, 3.8) is 0 Å². The van der Waals surface area contributed by atoms with E-state index in [0.29, 0.717) is 5.56 Å². The second-order valence-corrected chi connectivity index (χ2v) is 4.64. The average molecular weight is 267 g/mol. The predicted octanol–water partition coefficient (Wildman–Crippen LogP) is 0.794. The van der Waals surface area contributed by atoms with Crippen molar-refractivity contribution in [2.24, 2.45) is 0 Å². The number of hydrogen-bond donors (Lipinski definition) is 2. The number of halogens is 1. The maximum Gasteiger partial charge on any atom is 0.326 e. The van der Waals surface area contributed by atoms with E-state index >= 15 is 0 Å². The van der Waals surface area contributed by atoms with Crippen LogP contribution >= 0.6 is 0 Å². The van der Waals surface area contributed by atoms with Gasteiger partial charge in [0.1, 0.15) is 11.9 Å². The zero-order valence-electron chi connectivity index (χ0n) is 10.3. The molecule has 19 heavy (non-hydrogen) atoms. The van der Waals surface area contributed by atoms with Gasteiger partial charge in [-0.25, -0.2) is 9.18 Å². The molecule has 1 saturated heterocycles. The SMILES string of the molecule is Cc1cccc(C(=O)N2C[C@H](O)C[C@H]2C(=O)O)c1F. The van der Waals surface area contributed by atoms with Crippen molar-refractivity contribution in [2.45, 2.75) is 25.5 Å². The van der Waals surface area contributed by atoms with E-state index < -0.39 is 29.8 Å². The number of rotatable bonds is 2. The summed E-state index contributed by atoms with van der Waals surface area (Å²) < 4.78 is 13.9. The smallest absolute Gasteiger partial charge is 0.326 e. The first kappa shape index (κ1) is 13.5. The van der Waals surface area contributed by atoms with E-state index in [1.165, 1.54) is 25.1 Å². The molecule has 0 aliphatic carbocycles. The molecule has 1 fully saturated rings. The van der Waals surface area contributed by atoms with Gasteiger partial charge in [0.2, 0.25) is 0 Å². The monoisotopic (exact) mass is 267 g/mol. The molecule has 0 bridgehead atoms. The van der Waals surface area contributed by atoms with Crippen LogP contribution in [0.3, 0.4) is 0 Å². The van der Waals surface area contributed by atoms with Crippen LogP contribution in [-0.4, -0.2) is 45.7 Å². The molecule has 1 heterocycles. The molecular formula is C13H14FNO4. The second-order valence-electron chi connectivity index (χ2n) is 4.64. The van der Waals surface area contributed by atoms with Crippen molar-refractivity contribution in [3.05, 3.63) is 35.1 Å². The number of aliphatic hydroxyl groups is 1. The summed E-state index contributed by atoms with van der Waals surface area (Å²) in [6.07, 6.45) is -0.924. The van der Waals surface area contributed by atoms with Crippen molar-refractivity contribution in [3.8, 4) is 0 Å². The average Bonchev–Trinajstić information content (AvgIpc) is 2.74. The third-order valence-corrected chi connectivity index (χ3v) is 3.25. The number of carboxylic acid groups (broad SMARTS) is 1. The lowest BCUT2D eigenvalue weighted by atomic mass is 10.1. The summed E-state index contributed by atoms with van der Waals surface area (Å²) in [7, 11) is 0. The predicted molar refractivity (Wildman–Crippen MR) is 64.2 cm³/mol. The third-order valence-electron chi connectivity index (χ3n) is 3.25. The molecule has 1 aromatic rings. The minimum Gasteiger partial charge on any atom is -0.480 e. The fourth-order valence-corrected chi connectivity index (χ4v) is 2.24. The van der Waals surface area contributed by atoms with Gasteiger partial charge in [-0.3, -0.25) is 4.79 Å². The number of likely N-dealkylation sites (tertiary alicyclic amines) is 1. The molecule has 0 radical (unpaired) electrons. The number of benzene rings is 1. The molecule has 0 aromatic heterocycles. The molecule has 1 aliphatic rings. The minimum atomic E-state index is -1.20. The van der Waals surface area contributed by atoms with Gasteiger partial charge in [-0.15, -0.1) is 0 Å². The number of carbonyl (C=O) groups excluding carboxylic acids is 1. The first-order valence-electron chi connectivity index (χ1n) is 5.88. The molecule has 102 valence electrons. The molecule has 1 amide bonds. The molecule has 2 atom stereocenters. The Bertz CT molecular complexity index is 531. The number of aliphatic hydroxyl groups excluding tert-OH is 1. The fourth-order valence-electron chi connectivity index (χ4n) is 2.24. The van der Waals surface area contributed by atoms with Crippen molar-refractivity contribution in [1.29, 1.82) is 0 Å². The van der Waals surface area contributed by atoms with Crippen LogP contribution < -0.4 is 0 Å². The molecule has 0 saturated carbocycles. The maximum absolute atomic E-state index is 13.9. The van der Waals surface area contributed by atoms with Gasteiger partial charge in [0.25, 0.3) is 5.91 Å². The zero-order valence-corrected chi connectivity index (χ0v) is 10.3. The summed E-state index contributed by atoms with van der Waals surface area (Å²) in [6, 6.07) is 3.27. The van der Waals surface area contributed by atoms with E-state index in [1.54, 1.807) is 0 Å². The Balaban J connectivity index is 2.33. The lowest BCUT2D eigenvalue weighted by Crippen LogP contribution is -2.41. The van der Waals surface area contributed by atoms with Crippen LogP contribution in [0.2, 0.25) is 0 Å². The minimum absolute atomic E-state index is 0.0332. The second kappa shape index (κ2) is 4.97. The summed E-state index contributed by atoms with van der Waals surface area (Å²) in [6.45, 7) is 1.43. The van der Waals surface area contributed by atoms with E-state index in [9.17, 15) is 19.1 Å². The summed E-state index contributed by atoms with van der Waals surface area (Å²) in [5, 5.41) is 18.5. The number of hydrogen-bond acceptors (Lipinski definition) is 3. The highest BCUT2D eigenvalue weighted by atomic mass is 19.1. The third kappa shape index (κ3) is 2.44. The molecule has 2 N–H and O–H groups in total. The number of β-amino-alcohol motifs (C(OH)–C–C–N with tert-alkyl or cyclic N) is 1. The Morgan fingerprint density at radius 2 is 2.11 bits per heavy atom. The summed E-state index contributed by atoms with van der Waals surface area (Å²) in [4.78, 5) is 24.2. The summed E-state index contributed by atoms with van der Waals surface area (Å²) >= 11 is 0. The zero-order chi connectivity index (χ0) is 14.2. The molecule has 6 heteroatoms. The Morgan fingerprint density at radius 3 is 2.74 bits per heavy atom. The molecule has 1 aliphatic heterocycles. The lowest BCUT2D eigenvalue weighted by Gasteiger charge is -2.21. The standard InChI is InChI=1S/C13H14FNO4/c1-7-3-2-4-9(11(7)14)12(17)15-6-8(16)5-10(15)13(18)19/h2-4,8,10,16H,5-6H2,1H3,(H,18,19)/t8-,10+/m1/s1. The normalized spacial score (nSPS) is 22.6. The highest BCUT2D eigenvalue weighted by Gasteiger charge is 2.39. The lowest BCUT2D eigenvalue weighted by molar-refractivity contribution is -0.141. The van der Waals surface area contributed by atoms with Gasteiger partial charge in [0.05, 0.1) is 11.7 Å². The number of aryl methyl sites for hydroxylation is 1. The molecule has 1 aromatic carbocycles. The first-order valence-corrected chi connectivity index (χ1v) is 5.88. The number of nitrogens with zero attached hydrogens (tertiary/aromatic N) is 1. The van der Waals surface area contributed by atoms with Crippen molar-refractivity contribution in [1.82, 2.24) is 4.90 Å². The largest absolute Gasteiger partial charge is 0.480 e. The van der Waals surface area contributed by atoms with Crippen LogP contribution in [-0.2, 0) is 4.79 Å². The number of carboxylic acids is 1. The summed E-state index contributed by atoms with van der Waals surface area (Å²) in [5.41, 5.74) is 0.151. The number of carbonyl (C=O) groups is 2. The molecule has 0 spiro atoms. The Kier molecular flexibility index (Phi) is 3.53. The number of aliphatic carboxylic acids is 1. The van der Waals surface area contributed by atoms with Gasteiger partial charge in [-0.1, -0.05) is 12.1 Å². The van der Waals surface area contributed by atoms with Gasteiger partial charge < -0.3 is 15.1 Å². The Hall–Kier alpha value is -1.95. The maximum atomic E-state index is 13.9. The molecule has 5 nitrogen and oxygen atoms in total. The highest BCUT2D eigenvalue weighted by Crippen LogP contribution is 2.22. The van der Waals surface area contributed by atoms with Crippen molar-refractivity contribution < 1.29 is 24.2 Å². The van der Waals surface area contributed by atoms with E-state index in [4.69, 9.17) is 5.11 Å². The molecular weight excluding hydrogens is 253 g/mol. The molecule has 0 unspecified atom stereocenters. The Morgan fingerprint density at radius 1 is 1.42 bits per heavy atom. The van der Waals surface area contributed by atoms with Gasteiger partial charge >= 0.3 is 5.97 Å². The van der Waals surface area contributed by atoms with Gasteiger partial charge in [-0.05, 0) is 18.6 Å². The quantitative estimate of drug-likeness (QED) is 0.830. The summed E-state index contributed by atoms with van der Waals surface area (Å²) in [5.74, 6) is -2.55. The highest BCUT2D eigenvalue weighted by molar-refractivity contribution is 5.97. The van der Waals surface area contributed by atoms with E-state index in [1.807, 2.05) is 0 Å². The molecule has 2 rings (SSSR count). The van der Waals surface area contributed by atoms with Crippen molar-refractivity contribution >= 4 is 11.9 Å². The first-order chi connectivity index (χ1) is 8.91. The van der Waals surface area contributed by atoms with Crippen molar-refractivity contribution in [2.75, 3.05) is 6.54 Å². The van der Waals surface area contributed by atoms with E-state index in [-0.39, 0.29) is 18.5 Å². The van der Waals surface area contributed by atoms with Gasteiger partial charge in [-0.2, -0.15) is 0 Å². The van der Waals surface area contributed by atoms with Crippen LogP contribution in [0.5, 0.6) is 0 Å². The van der Waals surface area contributed by atoms with Crippen LogP contribution in [0, 0.1) is 12.7 Å². The topological polar surface area (TPSA) is 77.8 Å².